The average molecular weight is 128 g/mol. The fraction of sp³-hybridized carbons (Fsp3) is 0.833. The van der Waals surface area contributed by atoms with E-state index in [0.717, 1.165) is 13.0 Å². The van der Waals surface area contributed by atoms with Crippen LogP contribution in [-0.2, 0) is 14.3 Å². The highest BCUT2D eigenvalue weighted by Gasteiger charge is 2.39. The molecule has 0 N–H and O–H groups in total. The molecule has 0 aromatic heterocycles. The van der Waals surface area contributed by atoms with Crippen LogP contribution in [0.1, 0.15) is 12.8 Å². The van der Waals surface area contributed by atoms with Crippen molar-refractivity contribution in [2.75, 3.05) is 6.61 Å². The van der Waals surface area contributed by atoms with Crippen LogP contribution in [0.5, 0.6) is 0 Å². The number of carbonyl (C=O) groups excluding carboxylic acids is 1. The van der Waals surface area contributed by atoms with Crippen LogP contribution >= 0.6 is 0 Å². The molecule has 9 heavy (non-hydrogen) atoms. The Balaban J connectivity index is 2.09. The van der Waals surface area contributed by atoms with E-state index in [-0.39, 0.29) is 18.2 Å². The topological polar surface area (TPSA) is 35.5 Å². The third kappa shape index (κ3) is 0.721. The van der Waals surface area contributed by atoms with Crippen molar-refractivity contribution < 1.29 is 14.3 Å². The third-order valence-electron chi connectivity index (χ3n) is 1.80. The average Bonchev–Trinajstić information content (AvgIpc) is 2.22. The first kappa shape index (κ1) is 5.23. The van der Waals surface area contributed by atoms with Gasteiger partial charge in [-0.2, -0.15) is 0 Å². The monoisotopic (exact) mass is 128 g/mol. The molecule has 0 aromatic carbocycles. The number of carbonyl (C=O) groups is 1. The molecule has 0 radical (unpaired) electrons. The zero-order valence-corrected chi connectivity index (χ0v) is 5.00. The van der Waals surface area contributed by atoms with E-state index < -0.39 is 0 Å². The molecule has 2 aliphatic rings. The maximum atomic E-state index is 10.6. The van der Waals surface area contributed by atoms with Gasteiger partial charge in [0.25, 0.3) is 0 Å². The second-order valence-corrected chi connectivity index (χ2v) is 2.43. The van der Waals surface area contributed by atoms with Gasteiger partial charge in [0.05, 0.1) is 13.0 Å². The van der Waals surface area contributed by atoms with Gasteiger partial charge in [-0.15, -0.1) is 0 Å². The van der Waals surface area contributed by atoms with Crippen LogP contribution in [0.25, 0.3) is 0 Å². The summed E-state index contributed by atoms with van der Waals surface area (Å²) in [6.07, 6.45) is 1.51. The van der Waals surface area contributed by atoms with Crippen molar-refractivity contribution in [2.24, 2.45) is 0 Å². The minimum Gasteiger partial charge on any atom is -0.459 e. The van der Waals surface area contributed by atoms with E-state index in [0.29, 0.717) is 6.42 Å². The van der Waals surface area contributed by atoms with E-state index in [4.69, 9.17) is 9.47 Å². The molecule has 3 heteroatoms. The Bertz CT molecular complexity index is 129. The highest BCUT2D eigenvalue weighted by atomic mass is 16.6. The summed E-state index contributed by atoms with van der Waals surface area (Å²) in [4.78, 5) is 10.6. The molecule has 2 atom stereocenters. The summed E-state index contributed by atoms with van der Waals surface area (Å²) >= 11 is 0. The first-order chi connectivity index (χ1) is 4.36. The second-order valence-electron chi connectivity index (χ2n) is 2.43. The highest BCUT2D eigenvalue weighted by Crippen LogP contribution is 2.26. The van der Waals surface area contributed by atoms with Crippen molar-refractivity contribution in [3.63, 3.8) is 0 Å². The molecule has 0 bridgehead atoms. The van der Waals surface area contributed by atoms with Gasteiger partial charge in [-0.25, -0.2) is 0 Å². The maximum Gasteiger partial charge on any atom is 0.308 e. The van der Waals surface area contributed by atoms with Crippen molar-refractivity contribution in [1.82, 2.24) is 0 Å². The van der Waals surface area contributed by atoms with E-state index in [1.807, 2.05) is 0 Å². The molecule has 0 spiro atoms. The van der Waals surface area contributed by atoms with E-state index in [2.05, 4.69) is 0 Å². The second kappa shape index (κ2) is 1.70. The highest BCUT2D eigenvalue weighted by molar-refractivity contribution is 5.72. The van der Waals surface area contributed by atoms with Gasteiger partial charge in [-0.05, 0) is 0 Å². The lowest BCUT2D eigenvalue weighted by molar-refractivity contribution is -0.141. The first-order valence-corrected chi connectivity index (χ1v) is 3.17. The Labute approximate surface area is 52.9 Å². The van der Waals surface area contributed by atoms with Crippen molar-refractivity contribution in [3.8, 4) is 0 Å². The number of hydrogen-bond donors (Lipinski definition) is 0. The van der Waals surface area contributed by atoms with Crippen LogP contribution in [-0.4, -0.2) is 24.8 Å². The number of fused-ring (bicyclic) bond motifs is 1. The third-order valence-corrected chi connectivity index (χ3v) is 1.80. The van der Waals surface area contributed by atoms with Crippen molar-refractivity contribution in [2.45, 2.75) is 25.0 Å². The summed E-state index contributed by atoms with van der Waals surface area (Å²) in [5, 5.41) is 0. The summed E-state index contributed by atoms with van der Waals surface area (Å²) < 4.78 is 10.1. The largest absolute Gasteiger partial charge is 0.459 e. The fourth-order valence-corrected chi connectivity index (χ4v) is 1.34. The zero-order valence-electron chi connectivity index (χ0n) is 5.00. The Hall–Kier alpha value is -0.570. The fourth-order valence-electron chi connectivity index (χ4n) is 1.34. The van der Waals surface area contributed by atoms with Crippen molar-refractivity contribution in [3.05, 3.63) is 0 Å². The molecule has 0 unspecified atom stereocenters. The summed E-state index contributed by atoms with van der Waals surface area (Å²) in [6.45, 7) is 0.753. The Morgan fingerprint density at radius 3 is 3.11 bits per heavy atom. The van der Waals surface area contributed by atoms with E-state index in [1.54, 1.807) is 0 Å². The lowest BCUT2D eigenvalue weighted by atomic mass is 10.2. The Morgan fingerprint density at radius 1 is 1.44 bits per heavy atom. The summed E-state index contributed by atoms with van der Waals surface area (Å²) in [5.74, 6) is -0.107. The molecule has 2 aliphatic heterocycles. The number of rotatable bonds is 0. The van der Waals surface area contributed by atoms with Crippen LogP contribution in [0.15, 0.2) is 0 Å². The van der Waals surface area contributed by atoms with E-state index in [1.165, 1.54) is 0 Å². The summed E-state index contributed by atoms with van der Waals surface area (Å²) in [6, 6.07) is 0. The van der Waals surface area contributed by atoms with Gasteiger partial charge in [0.1, 0.15) is 12.2 Å². The number of hydrogen-bond acceptors (Lipinski definition) is 3. The lowest BCUT2D eigenvalue weighted by Crippen LogP contribution is -2.13. The summed E-state index contributed by atoms with van der Waals surface area (Å²) in [5.41, 5.74) is 0. The molecular formula is C6H8O3. The van der Waals surface area contributed by atoms with Crippen LogP contribution in [0.4, 0.5) is 0 Å². The predicted molar refractivity (Wildman–Crippen MR) is 28.9 cm³/mol. The molecule has 0 amide bonds. The smallest absolute Gasteiger partial charge is 0.308 e. The standard InChI is InChI=1S/C6H8O3/c7-6-3-5-4(9-6)1-2-8-5/h4-5H,1-3H2/t4-,5-/m0/s1. The lowest BCUT2D eigenvalue weighted by Gasteiger charge is -2.02. The molecular weight excluding hydrogens is 120 g/mol. The number of esters is 1. The summed E-state index contributed by atoms with van der Waals surface area (Å²) in [7, 11) is 0. The molecule has 2 rings (SSSR count). The quantitative estimate of drug-likeness (QED) is 0.434. The van der Waals surface area contributed by atoms with Crippen LogP contribution in [0.2, 0.25) is 0 Å². The van der Waals surface area contributed by atoms with Crippen LogP contribution in [0.3, 0.4) is 0 Å². The zero-order chi connectivity index (χ0) is 6.27. The van der Waals surface area contributed by atoms with Gasteiger partial charge in [-0.3, -0.25) is 4.79 Å². The Morgan fingerprint density at radius 2 is 2.33 bits per heavy atom. The molecule has 2 fully saturated rings. The number of ether oxygens (including phenoxy) is 2. The van der Waals surface area contributed by atoms with E-state index in [9.17, 15) is 4.79 Å². The first-order valence-electron chi connectivity index (χ1n) is 3.17. The van der Waals surface area contributed by atoms with Crippen LogP contribution < -0.4 is 0 Å². The minimum absolute atomic E-state index is 0.0810. The molecule has 0 saturated carbocycles. The van der Waals surface area contributed by atoms with E-state index >= 15 is 0 Å². The molecule has 3 nitrogen and oxygen atoms in total. The maximum absolute atomic E-state index is 10.6. The molecule has 0 aromatic rings. The van der Waals surface area contributed by atoms with Crippen LogP contribution in [0, 0.1) is 0 Å². The van der Waals surface area contributed by atoms with Gasteiger partial charge in [0, 0.05) is 6.42 Å². The molecule has 0 aliphatic carbocycles. The van der Waals surface area contributed by atoms with Crippen molar-refractivity contribution >= 4 is 5.97 Å². The normalized spacial score (nSPS) is 40.7. The van der Waals surface area contributed by atoms with Crippen molar-refractivity contribution in [1.29, 1.82) is 0 Å². The van der Waals surface area contributed by atoms with Gasteiger partial charge >= 0.3 is 5.97 Å². The molecule has 50 valence electrons. The molecule has 2 saturated heterocycles. The molecule has 2 heterocycles. The Kier molecular flexibility index (Phi) is 0.990. The predicted octanol–water partition coefficient (Wildman–Crippen LogP) is 0.0908. The van der Waals surface area contributed by atoms with Gasteiger partial charge < -0.3 is 9.47 Å². The SMILES string of the molecule is O=C1C[C@@H]2OCC[C@@H]2O1. The van der Waals surface area contributed by atoms with Gasteiger partial charge in [0.2, 0.25) is 0 Å². The van der Waals surface area contributed by atoms with Gasteiger partial charge in [0.15, 0.2) is 0 Å². The van der Waals surface area contributed by atoms with Gasteiger partial charge in [-0.1, -0.05) is 0 Å². The minimum atomic E-state index is -0.107.